The summed E-state index contributed by atoms with van der Waals surface area (Å²) in [5.74, 6) is 1.96. The van der Waals surface area contributed by atoms with Gasteiger partial charge in [-0.05, 0) is 38.1 Å². The van der Waals surface area contributed by atoms with Gasteiger partial charge in [-0.2, -0.15) is 0 Å². The van der Waals surface area contributed by atoms with E-state index in [4.69, 9.17) is 0 Å². The van der Waals surface area contributed by atoms with Crippen LogP contribution in [0.3, 0.4) is 0 Å². The van der Waals surface area contributed by atoms with Gasteiger partial charge in [0.05, 0.1) is 0 Å². The highest BCUT2D eigenvalue weighted by atomic mass is 14.9. The molecule has 1 N–H and O–H groups in total. The molecule has 0 aliphatic heterocycles. The van der Waals surface area contributed by atoms with Gasteiger partial charge in [0.1, 0.15) is 0 Å². The first-order chi connectivity index (χ1) is 6.77. The van der Waals surface area contributed by atoms with Gasteiger partial charge in [-0.15, -0.1) is 0 Å². The Hall–Kier alpha value is -0.0400. The lowest BCUT2D eigenvalue weighted by Crippen LogP contribution is -2.33. The van der Waals surface area contributed by atoms with Gasteiger partial charge >= 0.3 is 0 Å². The third kappa shape index (κ3) is 3.61. The molecule has 0 aromatic heterocycles. The molecule has 1 aliphatic rings. The van der Waals surface area contributed by atoms with E-state index in [0.29, 0.717) is 0 Å². The molecule has 14 heavy (non-hydrogen) atoms. The molecule has 1 heteroatoms. The topological polar surface area (TPSA) is 12.0 Å². The van der Waals surface area contributed by atoms with Crippen LogP contribution in [0.15, 0.2) is 0 Å². The average molecular weight is 197 g/mol. The molecule has 1 nitrogen and oxygen atoms in total. The highest BCUT2D eigenvalue weighted by molar-refractivity contribution is 4.76. The second-order valence-corrected chi connectivity index (χ2v) is 4.89. The van der Waals surface area contributed by atoms with Crippen LogP contribution < -0.4 is 5.32 Å². The summed E-state index contributed by atoms with van der Waals surface area (Å²) >= 11 is 0. The summed E-state index contributed by atoms with van der Waals surface area (Å²) in [5.41, 5.74) is 0. The summed E-state index contributed by atoms with van der Waals surface area (Å²) in [6.45, 7) is 8.04. The van der Waals surface area contributed by atoms with E-state index < -0.39 is 0 Å². The van der Waals surface area contributed by atoms with Crippen LogP contribution in [-0.4, -0.2) is 12.6 Å². The van der Waals surface area contributed by atoms with Crippen molar-refractivity contribution in [3.8, 4) is 0 Å². The van der Waals surface area contributed by atoms with Crippen molar-refractivity contribution < 1.29 is 0 Å². The number of hydrogen-bond acceptors (Lipinski definition) is 1. The minimum absolute atomic E-state index is 0.732. The van der Waals surface area contributed by atoms with Crippen LogP contribution in [0.25, 0.3) is 0 Å². The summed E-state index contributed by atoms with van der Waals surface area (Å²) in [5, 5.41) is 3.58. The van der Waals surface area contributed by atoms with E-state index in [2.05, 4.69) is 26.1 Å². The molecule has 0 aromatic carbocycles. The third-order valence-corrected chi connectivity index (χ3v) is 3.94. The first-order valence-corrected chi connectivity index (χ1v) is 6.51. The molecule has 84 valence electrons. The number of rotatable bonds is 4. The summed E-state index contributed by atoms with van der Waals surface area (Å²) in [6, 6.07) is 0.732. The third-order valence-electron chi connectivity index (χ3n) is 3.94. The van der Waals surface area contributed by atoms with E-state index in [0.717, 1.165) is 24.4 Å². The fourth-order valence-electron chi connectivity index (χ4n) is 2.80. The minimum atomic E-state index is 0.732. The van der Waals surface area contributed by atoms with Crippen LogP contribution >= 0.6 is 0 Å². The summed E-state index contributed by atoms with van der Waals surface area (Å²) in [7, 11) is 0. The Morgan fingerprint density at radius 2 is 1.93 bits per heavy atom. The maximum absolute atomic E-state index is 3.58. The van der Waals surface area contributed by atoms with E-state index in [-0.39, 0.29) is 0 Å². The van der Waals surface area contributed by atoms with Crippen LogP contribution in [0.4, 0.5) is 0 Å². The molecule has 1 rings (SSSR count). The molecule has 0 bridgehead atoms. The quantitative estimate of drug-likeness (QED) is 0.679. The highest BCUT2D eigenvalue weighted by Crippen LogP contribution is 2.30. The summed E-state index contributed by atoms with van der Waals surface area (Å²) in [6.07, 6.45) is 8.70. The maximum atomic E-state index is 3.58. The van der Waals surface area contributed by atoms with Gasteiger partial charge in [-0.3, -0.25) is 0 Å². The van der Waals surface area contributed by atoms with Crippen LogP contribution in [-0.2, 0) is 0 Å². The second-order valence-electron chi connectivity index (χ2n) is 4.89. The molecule has 0 saturated heterocycles. The van der Waals surface area contributed by atoms with Gasteiger partial charge in [-0.25, -0.2) is 0 Å². The largest absolute Gasteiger partial charge is 0.314 e. The molecule has 0 heterocycles. The van der Waals surface area contributed by atoms with Gasteiger partial charge in [-0.1, -0.05) is 39.5 Å². The predicted molar refractivity (Wildman–Crippen MR) is 63.5 cm³/mol. The first-order valence-electron chi connectivity index (χ1n) is 6.51. The molecule has 0 aromatic rings. The fraction of sp³-hybridized carbons (Fsp3) is 1.00. The predicted octanol–water partition coefficient (Wildman–Crippen LogP) is 3.59. The number of hydrogen-bond donors (Lipinski definition) is 1. The van der Waals surface area contributed by atoms with E-state index in [1.165, 1.54) is 38.5 Å². The lowest BCUT2D eigenvalue weighted by Gasteiger charge is -2.23. The van der Waals surface area contributed by atoms with Crippen molar-refractivity contribution >= 4 is 0 Å². The maximum Gasteiger partial charge on any atom is 0.00668 e. The zero-order chi connectivity index (χ0) is 10.4. The SMILES string of the molecule is CCNC(C)C1CCCC(CC)CC1. The van der Waals surface area contributed by atoms with Gasteiger partial charge in [0.2, 0.25) is 0 Å². The Morgan fingerprint density at radius 1 is 1.14 bits per heavy atom. The molecule has 0 amide bonds. The molecular formula is C13H27N. The summed E-state index contributed by atoms with van der Waals surface area (Å²) < 4.78 is 0. The minimum Gasteiger partial charge on any atom is -0.314 e. The standard InChI is InChI=1S/C13H27N/c1-4-12-7-6-8-13(10-9-12)11(3)14-5-2/h11-14H,4-10H2,1-3H3. The Kier molecular flexibility index (Phi) is 5.54. The van der Waals surface area contributed by atoms with Gasteiger partial charge < -0.3 is 5.32 Å². The van der Waals surface area contributed by atoms with Crippen molar-refractivity contribution in [2.75, 3.05) is 6.54 Å². The average Bonchev–Trinajstić information content (AvgIpc) is 2.42. The van der Waals surface area contributed by atoms with E-state index >= 15 is 0 Å². The zero-order valence-electron chi connectivity index (χ0n) is 10.2. The van der Waals surface area contributed by atoms with Crippen molar-refractivity contribution in [3.63, 3.8) is 0 Å². The molecule has 0 spiro atoms. The highest BCUT2D eigenvalue weighted by Gasteiger charge is 2.21. The van der Waals surface area contributed by atoms with Crippen molar-refractivity contribution in [2.24, 2.45) is 11.8 Å². The normalized spacial score (nSPS) is 31.1. The molecular weight excluding hydrogens is 170 g/mol. The van der Waals surface area contributed by atoms with Crippen LogP contribution in [0, 0.1) is 11.8 Å². The molecule has 3 unspecified atom stereocenters. The van der Waals surface area contributed by atoms with Gasteiger partial charge in [0.25, 0.3) is 0 Å². The van der Waals surface area contributed by atoms with Crippen LogP contribution in [0.1, 0.15) is 59.3 Å². The van der Waals surface area contributed by atoms with Gasteiger partial charge in [0, 0.05) is 6.04 Å². The van der Waals surface area contributed by atoms with E-state index in [9.17, 15) is 0 Å². The second kappa shape index (κ2) is 6.44. The zero-order valence-corrected chi connectivity index (χ0v) is 10.2. The van der Waals surface area contributed by atoms with E-state index in [1.807, 2.05) is 0 Å². The lowest BCUT2D eigenvalue weighted by molar-refractivity contribution is 0.336. The molecule has 1 saturated carbocycles. The monoisotopic (exact) mass is 197 g/mol. The lowest BCUT2D eigenvalue weighted by atomic mass is 9.92. The first kappa shape index (κ1) is 12.0. The van der Waals surface area contributed by atoms with Gasteiger partial charge in [0.15, 0.2) is 0 Å². The number of nitrogens with one attached hydrogen (secondary N) is 1. The van der Waals surface area contributed by atoms with Crippen molar-refractivity contribution in [2.45, 2.75) is 65.3 Å². The smallest absolute Gasteiger partial charge is 0.00668 e. The van der Waals surface area contributed by atoms with E-state index in [1.54, 1.807) is 0 Å². The Labute approximate surface area is 89.7 Å². The van der Waals surface area contributed by atoms with Crippen LogP contribution in [0.5, 0.6) is 0 Å². The van der Waals surface area contributed by atoms with Crippen molar-refractivity contribution in [1.82, 2.24) is 5.32 Å². The fourth-order valence-corrected chi connectivity index (χ4v) is 2.80. The molecule has 0 radical (unpaired) electrons. The molecule has 1 fully saturated rings. The van der Waals surface area contributed by atoms with Crippen LogP contribution in [0.2, 0.25) is 0 Å². The van der Waals surface area contributed by atoms with Crippen molar-refractivity contribution in [3.05, 3.63) is 0 Å². The summed E-state index contributed by atoms with van der Waals surface area (Å²) in [4.78, 5) is 0. The Morgan fingerprint density at radius 3 is 2.57 bits per heavy atom. The molecule has 3 atom stereocenters. The Balaban J connectivity index is 2.33. The van der Waals surface area contributed by atoms with Crippen molar-refractivity contribution in [1.29, 1.82) is 0 Å². The molecule has 1 aliphatic carbocycles. The Bertz CT molecular complexity index is 144.